The van der Waals surface area contributed by atoms with Crippen LogP contribution in [-0.4, -0.2) is 36.7 Å². The van der Waals surface area contributed by atoms with E-state index in [9.17, 15) is 0 Å². The van der Waals surface area contributed by atoms with E-state index in [-0.39, 0.29) is 18.2 Å². The van der Waals surface area contributed by atoms with Crippen LogP contribution in [0.5, 0.6) is 0 Å². The number of nitrogens with two attached hydrogens (primary N) is 1. The fourth-order valence-electron chi connectivity index (χ4n) is 2.68. The number of hydrogen-bond donors (Lipinski definition) is 1. The molecule has 0 bridgehead atoms. The highest BCUT2D eigenvalue weighted by Crippen LogP contribution is 2.25. The number of halogens is 1. The van der Waals surface area contributed by atoms with Crippen molar-refractivity contribution >= 4 is 11.6 Å². The third-order valence-electron chi connectivity index (χ3n) is 3.35. The van der Waals surface area contributed by atoms with Gasteiger partial charge in [0.2, 0.25) is 0 Å². The van der Waals surface area contributed by atoms with Gasteiger partial charge in [0.25, 0.3) is 0 Å². The van der Waals surface area contributed by atoms with Crippen molar-refractivity contribution in [2.45, 2.75) is 32.1 Å². The second-order valence-electron chi connectivity index (χ2n) is 5.02. The number of nitrogens with zero attached hydrogens (tertiary/aromatic N) is 1. The first kappa shape index (κ1) is 13.8. The molecule has 0 aliphatic carbocycles. The fourth-order valence-corrected chi connectivity index (χ4v) is 2.88. The van der Waals surface area contributed by atoms with Crippen LogP contribution in [0.4, 0.5) is 0 Å². The van der Waals surface area contributed by atoms with Crippen LogP contribution in [0.3, 0.4) is 0 Å². The van der Waals surface area contributed by atoms with Crippen molar-refractivity contribution in [2.24, 2.45) is 5.73 Å². The highest BCUT2D eigenvalue weighted by molar-refractivity contribution is 6.30. The Morgan fingerprint density at radius 2 is 2.06 bits per heavy atom. The smallest absolute Gasteiger partial charge is 0.0678 e. The van der Waals surface area contributed by atoms with E-state index < -0.39 is 0 Å². The van der Waals surface area contributed by atoms with Gasteiger partial charge < -0.3 is 10.5 Å². The fraction of sp³-hybridized carbons (Fsp3) is 0.571. The predicted molar refractivity (Wildman–Crippen MR) is 74.8 cm³/mol. The summed E-state index contributed by atoms with van der Waals surface area (Å²) >= 11 is 6.06. The molecule has 1 unspecified atom stereocenters. The lowest BCUT2D eigenvalue weighted by Gasteiger charge is -2.40. The Bertz CT molecular complexity index is 389. The van der Waals surface area contributed by atoms with Crippen molar-refractivity contribution in [1.82, 2.24) is 4.90 Å². The maximum absolute atomic E-state index is 6.06. The summed E-state index contributed by atoms with van der Waals surface area (Å²) in [6.45, 7) is 6.64. The Morgan fingerprint density at radius 1 is 1.39 bits per heavy atom. The molecule has 1 saturated heterocycles. The highest BCUT2D eigenvalue weighted by Gasteiger charge is 2.28. The zero-order valence-electron chi connectivity index (χ0n) is 11.0. The van der Waals surface area contributed by atoms with Crippen LogP contribution in [0.25, 0.3) is 0 Å². The molecule has 4 heteroatoms. The first-order chi connectivity index (χ1) is 8.60. The minimum atomic E-state index is 0.220. The molecule has 0 radical (unpaired) electrons. The summed E-state index contributed by atoms with van der Waals surface area (Å²) in [6, 6.07) is 8.19. The molecular weight excluding hydrogens is 248 g/mol. The number of hydrogen-bond acceptors (Lipinski definition) is 3. The third-order valence-corrected chi connectivity index (χ3v) is 3.58. The molecule has 1 aliphatic heterocycles. The van der Waals surface area contributed by atoms with Crippen molar-refractivity contribution in [3.05, 3.63) is 34.9 Å². The summed E-state index contributed by atoms with van der Waals surface area (Å²) in [5.74, 6) is 0. The minimum absolute atomic E-state index is 0.220. The molecule has 0 amide bonds. The Hall–Kier alpha value is -0.610. The van der Waals surface area contributed by atoms with Gasteiger partial charge >= 0.3 is 0 Å². The first-order valence-electron chi connectivity index (χ1n) is 6.45. The van der Waals surface area contributed by atoms with Crippen molar-refractivity contribution in [3.8, 4) is 0 Å². The zero-order valence-corrected chi connectivity index (χ0v) is 11.7. The summed E-state index contributed by atoms with van der Waals surface area (Å²) in [7, 11) is 0. The summed E-state index contributed by atoms with van der Waals surface area (Å²) in [4.78, 5) is 2.39. The molecule has 2 rings (SSSR count). The Balaban J connectivity index is 2.17. The molecule has 100 valence electrons. The Kier molecular flexibility index (Phi) is 4.62. The molecule has 18 heavy (non-hydrogen) atoms. The van der Waals surface area contributed by atoms with Crippen molar-refractivity contribution < 1.29 is 4.74 Å². The summed E-state index contributed by atoms with van der Waals surface area (Å²) in [5.41, 5.74) is 7.14. The van der Waals surface area contributed by atoms with Crippen LogP contribution >= 0.6 is 11.6 Å². The van der Waals surface area contributed by atoms with Crippen LogP contribution in [0.1, 0.15) is 25.5 Å². The molecule has 1 aliphatic rings. The Labute approximate surface area is 114 Å². The van der Waals surface area contributed by atoms with Gasteiger partial charge in [-0.3, -0.25) is 4.90 Å². The van der Waals surface area contributed by atoms with Gasteiger partial charge in [-0.15, -0.1) is 0 Å². The number of benzene rings is 1. The van der Waals surface area contributed by atoms with Crippen molar-refractivity contribution in [1.29, 1.82) is 0 Å². The average Bonchev–Trinajstić information content (AvgIpc) is 2.28. The van der Waals surface area contributed by atoms with Gasteiger partial charge in [0, 0.05) is 30.7 Å². The molecule has 1 heterocycles. The van der Waals surface area contributed by atoms with E-state index in [1.54, 1.807) is 0 Å². The molecule has 0 saturated carbocycles. The SMILES string of the molecule is C[C@@H]1CN(C(CN)c2cccc(Cl)c2)C[C@H](C)O1. The van der Waals surface area contributed by atoms with Crippen LogP contribution in [0.2, 0.25) is 5.02 Å². The van der Waals surface area contributed by atoms with Crippen LogP contribution in [0.15, 0.2) is 24.3 Å². The van der Waals surface area contributed by atoms with E-state index in [1.807, 2.05) is 18.2 Å². The van der Waals surface area contributed by atoms with Gasteiger partial charge in [-0.1, -0.05) is 23.7 Å². The molecule has 1 fully saturated rings. The molecule has 2 N–H and O–H groups in total. The molecule has 3 nitrogen and oxygen atoms in total. The van der Waals surface area contributed by atoms with Gasteiger partial charge in [-0.05, 0) is 31.5 Å². The lowest BCUT2D eigenvalue weighted by Crippen LogP contribution is -2.48. The maximum Gasteiger partial charge on any atom is 0.0678 e. The zero-order chi connectivity index (χ0) is 13.1. The topological polar surface area (TPSA) is 38.5 Å². The van der Waals surface area contributed by atoms with Gasteiger partial charge in [0.05, 0.1) is 12.2 Å². The van der Waals surface area contributed by atoms with Gasteiger partial charge in [-0.2, -0.15) is 0 Å². The van der Waals surface area contributed by atoms with E-state index in [4.69, 9.17) is 22.1 Å². The van der Waals surface area contributed by atoms with E-state index >= 15 is 0 Å². The molecule has 0 aromatic heterocycles. The largest absolute Gasteiger partial charge is 0.373 e. The molecule has 3 atom stereocenters. The molecule has 1 aromatic carbocycles. The normalized spacial score (nSPS) is 27.1. The van der Waals surface area contributed by atoms with Gasteiger partial charge in [-0.25, -0.2) is 0 Å². The van der Waals surface area contributed by atoms with Crippen LogP contribution in [0, 0.1) is 0 Å². The summed E-state index contributed by atoms with van der Waals surface area (Å²) in [6.07, 6.45) is 0.504. The van der Waals surface area contributed by atoms with Gasteiger partial charge in [0.15, 0.2) is 0 Å². The van der Waals surface area contributed by atoms with Crippen molar-refractivity contribution in [3.63, 3.8) is 0 Å². The van der Waals surface area contributed by atoms with E-state index in [0.29, 0.717) is 6.54 Å². The van der Waals surface area contributed by atoms with E-state index in [1.165, 1.54) is 5.56 Å². The highest BCUT2D eigenvalue weighted by atomic mass is 35.5. The second-order valence-corrected chi connectivity index (χ2v) is 5.45. The average molecular weight is 269 g/mol. The molecular formula is C14H21ClN2O. The van der Waals surface area contributed by atoms with Gasteiger partial charge in [0.1, 0.15) is 0 Å². The van der Waals surface area contributed by atoms with Crippen LogP contribution in [-0.2, 0) is 4.74 Å². The molecule has 1 aromatic rings. The lowest BCUT2D eigenvalue weighted by molar-refractivity contribution is -0.0799. The first-order valence-corrected chi connectivity index (χ1v) is 6.83. The quantitative estimate of drug-likeness (QED) is 0.915. The number of ether oxygens (including phenoxy) is 1. The van der Waals surface area contributed by atoms with E-state index in [2.05, 4.69) is 24.8 Å². The molecule has 0 spiro atoms. The lowest BCUT2D eigenvalue weighted by atomic mass is 10.0. The number of morpholine rings is 1. The predicted octanol–water partition coefficient (Wildman–Crippen LogP) is 2.45. The van der Waals surface area contributed by atoms with Crippen LogP contribution < -0.4 is 5.73 Å². The summed E-state index contributed by atoms with van der Waals surface area (Å²) in [5, 5.41) is 0.764. The van der Waals surface area contributed by atoms with E-state index in [0.717, 1.165) is 18.1 Å². The summed E-state index contributed by atoms with van der Waals surface area (Å²) < 4.78 is 5.76. The van der Waals surface area contributed by atoms with Crippen molar-refractivity contribution in [2.75, 3.05) is 19.6 Å². The Morgan fingerprint density at radius 3 is 2.61 bits per heavy atom. The maximum atomic E-state index is 6.06. The monoisotopic (exact) mass is 268 g/mol. The second kappa shape index (κ2) is 6.02. The third kappa shape index (κ3) is 3.23. The number of rotatable bonds is 3. The standard InChI is InChI=1S/C14H21ClN2O/c1-10-8-17(9-11(2)18-10)14(7-16)12-4-3-5-13(15)6-12/h3-6,10-11,14H,7-9,16H2,1-2H3/t10-,11+,14?. The minimum Gasteiger partial charge on any atom is -0.373 e.